The van der Waals surface area contributed by atoms with E-state index in [4.69, 9.17) is 5.73 Å². The molecule has 2 nitrogen and oxygen atoms in total. The molecule has 0 atom stereocenters. The number of anilines is 1. The number of nitrogens with two attached hydrogens (primary N) is 1. The average molecular weight is 220 g/mol. The fourth-order valence-electron chi connectivity index (χ4n) is 2.38. The average Bonchev–Trinajstić information content (AvgIpc) is 2.21. The van der Waals surface area contributed by atoms with Crippen molar-refractivity contribution in [2.45, 2.75) is 34.1 Å². The fourth-order valence-corrected chi connectivity index (χ4v) is 2.38. The highest BCUT2D eigenvalue weighted by atomic mass is 15.1. The Balaban J connectivity index is 2.99. The van der Waals surface area contributed by atoms with Crippen LogP contribution in [0.3, 0.4) is 0 Å². The minimum absolute atomic E-state index is 0.764. The molecule has 90 valence electrons. The molecule has 0 aliphatic rings. The van der Waals surface area contributed by atoms with Crippen molar-refractivity contribution >= 4 is 5.69 Å². The molecule has 16 heavy (non-hydrogen) atoms. The van der Waals surface area contributed by atoms with Crippen molar-refractivity contribution in [1.29, 1.82) is 0 Å². The molecule has 2 heteroatoms. The van der Waals surface area contributed by atoms with Crippen LogP contribution < -0.4 is 10.6 Å². The van der Waals surface area contributed by atoms with Gasteiger partial charge in [-0.1, -0.05) is 17.7 Å². The van der Waals surface area contributed by atoms with E-state index in [0.717, 1.165) is 26.1 Å². The first-order chi connectivity index (χ1) is 7.60. The largest absolute Gasteiger partial charge is 0.371 e. The Morgan fingerprint density at radius 3 is 2.12 bits per heavy atom. The van der Waals surface area contributed by atoms with E-state index in [-0.39, 0.29) is 0 Å². The van der Waals surface area contributed by atoms with Gasteiger partial charge in [0.15, 0.2) is 0 Å². The fraction of sp³-hybridized carbons (Fsp3) is 0.571. The summed E-state index contributed by atoms with van der Waals surface area (Å²) in [6, 6.07) is 4.51. The lowest BCUT2D eigenvalue weighted by Crippen LogP contribution is -2.27. The zero-order chi connectivity index (χ0) is 12.1. The predicted octanol–water partition coefficient (Wildman–Crippen LogP) is 2.79. The maximum Gasteiger partial charge on any atom is 0.0425 e. The molecule has 0 fully saturated rings. The monoisotopic (exact) mass is 220 g/mol. The summed E-state index contributed by atoms with van der Waals surface area (Å²) in [4.78, 5) is 2.43. The summed E-state index contributed by atoms with van der Waals surface area (Å²) in [5.74, 6) is 0. The van der Waals surface area contributed by atoms with Crippen molar-refractivity contribution in [3.63, 3.8) is 0 Å². The Labute approximate surface area is 99.5 Å². The summed E-state index contributed by atoms with van der Waals surface area (Å²) in [5, 5.41) is 0. The number of hydrogen-bond donors (Lipinski definition) is 1. The number of hydrogen-bond acceptors (Lipinski definition) is 2. The number of rotatable bonds is 5. The van der Waals surface area contributed by atoms with Crippen molar-refractivity contribution in [1.82, 2.24) is 0 Å². The van der Waals surface area contributed by atoms with Gasteiger partial charge < -0.3 is 10.6 Å². The lowest BCUT2D eigenvalue weighted by molar-refractivity contribution is 0.750. The minimum atomic E-state index is 0.764. The van der Waals surface area contributed by atoms with Gasteiger partial charge in [0, 0.05) is 18.8 Å². The van der Waals surface area contributed by atoms with Crippen LogP contribution >= 0.6 is 0 Å². The van der Waals surface area contributed by atoms with Crippen LogP contribution in [0.2, 0.25) is 0 Å². The van der Waals surface area contributed by atoms with Crippen LogP contribution in [0.4, 0.5) is 5.69 Å². The summed E-state index contributed by atoms with van der Waals surface area (Å²) in [7, 11) is 0. The van der Waals surface area contributed by atoms with E-state index >= 15 is 0 Å². The van der Waals surface area contributed by atoms with E-state index in [9.17, 15) is 0 Å². The Kier molecular flexibility index (Phi) is 4.81. The van der Waals surface area contributed by atoms with Gasteiger partial charge in [-0.05, 0) is 51.8 Å². The zero-order valence-corrected chi connectivity index (χ0v) is 11.0. The summed E-state index contributed by atoms with van der Waals surface area (Å²) in [6.45, 7) is 11.6. The molecule has 1 aromatic rings. The zero-order valence-electron chi connectivity index (χ0n) is 11.0. The van der Waals surface area contributed by atoms with Crippen LogP contribution in [0.25, 0.3) is 0 Å². The lowest BCUT2D eigenvalue weighted by atomic mass is 10.0. The second-order valence-electron chi connectivity index (χ2n) is 4.47. The SMILES string of the molecule is CCN(CCCN)c1c(C)cc(C)cc1C. The van der Waals surface area contributed by atoms with E-state index in [2.05, 4.69) is 44.7 Å². The van der Waals surface area contributed by atoms with E-state index in [0.29, 0.717) is 0 Å². The number of benzene rings is 1. The predicted molar refractivity (Wildman–Crippen MR) is 72.2 cm³/mol. The third kappa shape index (κ3) is 2.99. The van der Waals surface area contributed by atoms with E-state index in [1.54, 1.807) is 0 Å². The Morgan fingerprint density at radius 2 is 1.69 bits per heavy atom. The minimum Gasteiger partial charge on any atom is -0.371 e. The van der Waals surface area contributed by atoms with Crippen molar-refractivity contribution in [2.75, 3.05) is 24.5 Å². The molecule has 0 heterocycles. The van der Waals surface area contributed by atoms with Crippen LogP contribution in [-0.4, -0.2) is 19.6 Å². The summed E-state index contributed by atoms with van der Waals surface area (Å²) in [6.07, 6.45) is 1.06. The van der Waals surface area contributed by atoms with E-state index in [1.165, 1.54) is 22.4 Å². The molecule has 2 N–H and O–H groups in total. The molecule has 0 bridgehead atoms. The molecule has 1 aromatic carbocycles. The van der Waals surface area contributed by atoms with Crippen molar-refractivity contribution < 1.29 is 0 Å². The van der Waals surface area contributed by atoms with E-state index < -0.39 is 0 Å². The molecule has 0 amide bonds. The topological polar surface area (TPSA) is 29.3 Å². The van der Waals surface area contributed by atoms with Gasteiger partial charge >= 0.3 is 0 Å². The maximum atomic E-state index is 5.58. The first-order valence-corrected chi connectivity index (χ1v) is 6.13. The Hall–Kier alpha value is -1.02. The van der Waals surface area contributed by atoms with Crippen molar-refractivity contribution in [3.8, 4) is 0 Å². The smallest absolute Gasteiger partial charge is 0.0425 e. The first-order valence-electron chi connectivity index (χ1n) is 6.13. The van der Waals surface area contributed by atoms with Crippen LogP contribution in [0.15, 0.2) is 12.1 Å². The molecule has 0 unspecified atom stereocenters. The molecular formula is C14H24N2. The van der Waals surface area contributed by atoms with Crippen molar-refractivity contribution in [2.24, 2.45) is 5.73 Å². The van der Waals surface area contributed by atoms with Crippen molar-refractivity contribution in [3.05, 3.63) is 28.8 Å². The molecule has 1 rings (SSSR count). The summed E-state index contributed by atoms with van der Waals surface area (Å²) in [5.41, 5.74) is 11.1. The Bertz CT molecular complexity index is 322. The molecule has 0 saturated heterocycles. The highest BCUT2D eigenvalue weighted by molar-refractivity contribution is 5.60. The van der Waals surface area contributed by atoms with Gasteiger partial charge in [0.1, 0.15) is 0 Å². The normalized spacial score (nSPS) is 10.6. The summed E-state index contributed by atoms with van der Waals surface area (Å²) >= 11 is 0. The third-order valence-electron chi connectivity index (χ3n) is 2.97. The number of nitrogens with zero attached hydrogens (tertiary/aromatic N) is 1. The highest BCUT2D eigenvalue weighted by Gasteiger charge is 2.10. The van der Waals surface area contributed by atoms with Crippen LogP contribution in [0.5, 0.6) is 0 Å². The van der Waals surface area contributed by atoms with Gasteiger partial charge in [0.25, 0.3) is 0 Å². The standard InChI is InChI=1S/C14H24N2/c1-5-16(8-6-7-15)14-12(3)9-11(2)10-13(14)4/h9-10H,5-8,15H2,1-4H3. The second kappa shape index (κ2) is 5.90. The van der Waals surface area contributed by atoms with Gasteiger partial charge in [-0.2, -0.15) is 0 Å². The third-order valence-corrected chi connectivity index (χ3v) is 2.97. The Morgan fingerprint density at radius 1 is 1.12 bits per heavy atom. The van der Waals surface area contributed by atoms with Crippen LogP contribution in [0, 0.1) is 20.8 Å². The molecule has 0 aliphatic heterocycles. The molecule has 0 saturated carbocycles. The van der Waals surface area contributed by atoms with Gasteiger partial charge in [0.05, 0.1) is 0 Å². The summed E-state index contributed by atoms with van der Waals surface area (Å²) < 4.78 is 0. The quantitative estimate of drug-likeness (QED) is 0.826. The van der Waals surface area contributed by atoms with Gasteiger partial charge in [-0.3, -0.25) is 0 Å². The van der Waals surface area contributed by atoms with Crippen LogP contribution in [-0.2, 0) is 0 Å². The van der Waals surface area contributed by atoms with Gasteiger partial charge in [-0.25, -0.2) is 0 Å². The number of aryl methyl sites for hydroxylation is 3. The lowest BCUT2D eigenvalue weighted by Gasteiger charge is -2.27. The maximum absolute atomic E-state index is 5.58. The van der Waals surface area contributed by atoms with E-state index in [1.807, 2.05) is 0 Å². The molecule has 0 radical (unpaired) electrons. The van der Waals surface area contributed by atoms with Crippen LogP contribution in [0.1, 0.15) is 30.0 Å². The molecular weight excluding hydrogens is 196 g/mol. The van der Waals surface area contributed by atoms with Gasteiger partial charge in [0.2, 0.25) is 0 Å². The first kappa shape index (κ1) is 13.0. The second-order valence-corrected chi connectivity index (χ2v) is 4.47. The molecule has 0 aliphatic carbocycles. The molecule has 0 aromatic heterocycles. The molecule has 0 spiro atoms. The van der Waals surface area contributed by atoms with Gasteiger partial charge in [-0.15, -0.1) is 0 Å². The highest BCUT2D eigenvalue weighted by Crippen LogP contribution is 2.26.